The third kappa shape index (κ3) is 1.44. The van der Waals surface area contributed by atoms with Crippen LogP contribution in [0.4, 0.5) is 0 Å². The van der Waals surface area contributed by atoms with Crippen LogP contribution in [-0.2, 0) is 11.2 Å². The van der Waals surface area contributed by atoms with E-state index in [-0.39, 0.29) is 12.3 Å². The van der Waals surface area contributed by atoms with Crippen molar-refractivity contribution in [2.75, 3.05) is 0 Å². The third-order valence-electron chi connectivity index (χ3n) is 1.73. The van der Waals surface area contributed by atoms with E-state index in [0.717, 1.165) is 12.8 Å². The minimum atomic E-state index is -0.944. The predicted octanol–water partition coefficient (Wildman–Crippen LogP) is 0.574. The van der Waals surface area contributed by atoms with Crippen LogP contribution in [0.3, 0.4) is 0 Å². The highest BCUT2D eigenvalue weighted by Gasteiger charge is 2.28. The minimum absolute atomic E-state index is 0.181. The molecule has 0 saturated heterocycles. The first kappa shape index (κ1) is 7.27. The molecule has 1 fully saturated rings. The molecule has 1 aliphatic carbocycles. The van der Waals surface area contributed by atoms with Crippen LogP contribution in [0.15, 0.2) is 4.52 Å². The monoisotopic (exact) mass is 168 g/mol. The van der Waals surface area contributed by atoms with Gasteiger partial charge in [0.05, 0.1) is 0 Å². The maximum Gasteiger partial charge on any atom is 0.312 e. The maximum absolute atomic E-state index is 10.2. The molecule has 12 heavy (non-hydrogen) atoms. The van der Waals surface area contributed by atoms with Gasteiger partial charge in [0, 0.05) is 5.92 Å². The minimum Gasteiger partial charge on any atom is -0.481 e. The van der Waals surface area contributed by atoms with E-state index in [1.807, 2.05) is 0 Å². The Bertz CT molecular complexity index is 303. The first-order chi connectivity index (χ1) is 5.75. The predicted molar refractivity (Wildman–Crippen MR) is 37.6 cm³/mol. The zero-order chi connectivity index (χ0) is 8.55. The van der Waals surface area contributed by atoms with Gasteiger partial charge in [-0.1, -0.05) is 5.16 Å². The zero-order valence-corrected chi connectivity index (χ0v) is 6.36. The molecular weight excluding hydrogens is 160 g/mol. The highest BCUT2D eigenvalue weighted by atomic mass is 16.5. The fraction of sp³-hybridized carbons (Fsp3) is 0.571. The summed E-state index contributed by atoms with van der Waals surface area (Å²) >= 11 is 0. The molecule has 5 heteroatoms. The van der Waals surface area contributed by atoms with Crippen LogP contribution >= 0.6 is 0 Å². The van der Waals surface area contributed by atoms with Gasteiger partial charge in [-0.05, 0) is 12.8 Å². The lowest BCUT2D eigenvalue weighted by Gasteiger charge is -1.83. The van der Waals surface area contributed by atoms with Gasteiger partial charge < -0.3 is 9.63 Å². The Morgan fingerprint density at radius 1 is 1.67 bits per heavy atom. The second-order valence-corrected chi connectivity index (χ2v) is 2.89. The number of hydrogen-bond acceptors (Lipinski definition) is 4. The number of aliphatic carboxylic acids is 1. The number of hydrogen-bond donors (Lipinski definition) is 1. The van der Waals surface area contributed by atoms with Gasteiger partial charge in [-0.3, -0.25) is 4.79 Å². The molecule has 5 nitrogen and oxygen atoms in total. The van der Waals surface area contributed by atoms with Crippen LogP contribution in [0.1, 0.15) is 30.5 Å². The van der Waals surface area contributed by atoms with E-state index in [1.54, 1.807) is 0 Å². The van der Waals surface area contributed by atoms with Crippen molar-refractivity contribution in [3.05, 3.63) is 11.7 Å². The Labute approximate surface area is 68.4 Å². The lowest BCUT2D eigenvalue weighted by Crippen LogP contribution is -2.00. The van der Waals surface area contributed by atoms with Gasteiger partial charge in [-0.15, -0.1) is 0 Å². The van der Waals surface area contributed by atoms with Gasteiger partial charge >= 0.3 is 5.97 Å². The molecule has 0 unspecified atom stereocenters. The topological polar surface area (TPSA) is 76.2 Å². The molecule has 1 aromatic heterocycles. The van der Waals surface area contributed by atoms with Gasteiger partial charge in [0.2, 0.25) is 5.89 Å². The highest BCUT2D eigenvalue weighted by Crippen LogP contribution is 2.38. The quantitative estimate of drug-likeness (QED) is 0.714. The molecule has 1 aromatic rings. The van der Waals surface area contributed by atoms with E-state index in [0.29, 0.717) is 11.7 Å². The number of carboxylic acid groups (broad SMARTS) is 1. The largest absolute Gasteiger partial charge is 0.481 e. The Kier molecular flexibility index (Phi) is 1.56. The summed E-state index contributed by atoms with van der Waals surface area (Å²) in [7, 11) is 0. The summed E-state index contributed by atoms with van der Waals surface area (Å²) < 4.78 is 4.73. The number of carboxylic acids is 1. The summed E-state index contributed by atoms with van der Waals surface area (Å²) in [5.74, 6) is 0.327. The van der Waals surface area contributed by atoms with E-state index < -0.39 is 5.97 Å². The summed E-state index contributed by atoms with van der Waals surface area (Å²) in [4.78, 5) is 14.2. The van der Waals surface area contributed by atoms with E-state index in [1.165, 1.54) is 0 Å². The number of aromatic nitrogens is 2. The molecule has 1 heterocycles. The van der Waals surface area contributed by atoms with Crippen LogP contribution in [-0.4, -0.2) is 21.2 Å². The zero-order valence-electron chi connectivity index (χ0n) is 6.36. The molecule has 0 amide bonds. The molecule has 2 rings (SSSR count). The average molecular weight is 168 g/mol. The summed E-state index contributed by atoms with van der Waals surface area (Å²) in [5, 5.41) is 12.1. The second kappa shape index (κ2) is 2.58. The lowest BCUT2D eigenvalue weighted by molar-refractivity contribution is -0.136. The van der Waals surface area contributed by atoms with Crippen molar-refractivity contribution in [3.8, 4) is 0 Å². The number of carbonyl (C=O) groups is 1. The normalized spacial score (nSPS) is 16.3. The summed E-state index contributed by atoms with van der Waals surface area (Å²) in [6, 6.07) is 0. The second-order valence-electron chi connectivity index (χ2n) is 2.89. The summed E-state index contributed by atoms with van der Waals surface area (Å²) in [6.45, 7) is 0. The molecular formula is C7H8N2O3. The van der Waals surface area contributed by atoms with Crippen LogP contribution in [0, 0.1) is 0 Å². The van der Waals surface area contributed by atoms with Crippen molar-refractivity contribution in [2.24, 2.45) is 0 Å². The van der Waals surface area contributed by atoms with E-state index in [4.69, 9.17) is 9.63 Å². The van der Waals surface area contributed by atoms with Gasteiger partial charge in [0.15, 0.2) is 5.82 Å². The molecule has 1 saturated carbocycles. The fourth-order valence-electron chi connectivity index (χ4n) is 0.977. The van der Waals surface area contributed by atoms with Gasteiger partial charge in [0.1, 0.15) is 6.42 Å². The van der Waals surface area contributed by atoms with Crippen molar-refractivity contribution >= 4 is 5.97 Å². The van der Waals surface area contributed by atoms with Crippen LogP contribution in [0.5, 0.6) is 0 Å². The van der Waals surface area contributed by atoms with Crippen molar-refractivity contribution in [2.45, 2.75) is 25.2 Å². The highest BCUT2D eigenvalue weighted by molar-refractivity contribution is 5.68. The Hall–Kier alpha value is -1.39. The van der Waals surface area contributed by atoms with E-state index >= 15 is 0 Å². The molecule has 0 radical (unpaired) electrons. The first-order valence-electron chi connectivity index (χ1n) is 3.80. The van der Waals surface area contributed by atoms with Crippen LogP contribution in [0.2, 0.25) is 0 Å². The molecule has 64 valence electrons. The van der Waals surface area contributed by atoms with E-state index in [2.05, 4.69) is 10.1 Å². The molecule has 1 aliphatic rings. The maximum atomic E-state index is 10.2. The number of rotatable bonds is 3. The molecule has 0 atom stereocenters. The lowest BCUT2D eigenvalue weighted by atomic mass is 10.4. The molecule has 0 aromatic carbocycles. The average Bonchev–Trinajstić information content (AvgIpc) is 2.73. The SMILES string of the molecule is O=C(O)Cc1nc(C2CC2)no1. The van der Waals surface area contributed by atoms with Crippen molar-refractivity contribution in [3.63, 3.8) is 0 Å². The van der Waals surface area contributed by atoms with Crippen LogP contribution < -0.4 is 0 Å². The van der Waals surface area contributed by atoms with Gasteiger partial charge in [-0.25, -0.2) is 0 Å². The Morgan fingerprint density at radius 2 is 2.42 bits per heavy atom. The summed E-state index contributed by atoms with van der Waals surface area (Å²) in [6.07, 6.45) is 2.00. The Balaban J connectivity index is 2.07. The molecule has 1 N–H and O–H groups in total. The molecule has 0 bridgehead atoms. The van der Waals surface area contributed by atoms with Crippen LogP contribution in [0.25, 0.3) is 0 Å². The van der Waals surface area contributed by atoms with E-state index in [9.17, 15) is 4.79 Å². The molecule has 0 spiro atoms. The first-order valence-corrected chi connectivity index (χ1v) is 3.80. The number of nitrogens with zero attached hydrogens (tertiary/aromatic N) is 2. The van der Waals surface area contributed by atoms with Crippen molar-refractivity contribution < 1.29 is 14.4 Å². The Morgan fingerprint density at radius 3 is 3.00 bits per heavy atom. The standard InChI is InChI=1S/C7H8N2O3/c10-6(11)3-5-8-7(9-12-5)4-1-2-4/h4H,1-3H2,(H,10,11). The smallest absolute Gasteiger partial charge is 0.312 e. The summed E-state index contributed by atoms with van der Waals surface area (Å²) in [5.41, 5.74) is 0. The molecule has 0 aliphatic heterocycles. The van der Waals surface area contributed by atoms with Gasteiger partial charge in [-0.2, -0.15) is 4.98 Å². The van der Waals surface area contributed by atoms with Gasteiger partial charge in [0.25, 0.3) is 0 Å². The van der Waals surface area contributed by atoms with Crippen molar-refractivity contribution in [1.82, 2.24) is 10.1 Å². The fourth-order valence-corrected chi connectivity index (χ4v) is 0.977. The third-order valence-corrected chi connectivity index (χ3v) is 1.73. The van der Waals surface area contributed by atoms with Crippen molar-refractivity contribution in [1.29, 1.82) is 0 Å².